The smallest absolute Gasteiger partial charge is 0.290 e. The quantitative estimate of drug-likeness (QED) is 0.614. The fourth-order valence-corrected chi connectivity index (χ4v) is 3.90. The highest BCUT2D eigenvalue weighted by Gasteiger charge is 2.33. The largest absolute Gasteiger partial charge is 0.451 e. The van der Waals surface area contributed by atoms with Crippen LogP contribution in [0.15, 0.2) is 59.3 Å². The summed E-state index contributed by atoms with van der Waals surface area (Å²) >= 11 is 0. The molecule has 1 atom stereocenters. The Bertz CT molecular complexity index is 1040. The van der Waals surface area contributed by atoms with E-state index in [-0.39, 0.29) is 30.2 Å². The zero-order valence-corrected chi connectivity index (χ0v) is 17.3. The Kier molecular flexibility index (Phi) is 5.42. The van der Waals surface area contributed by atoms with E-state index in [1.807, 2.05) is 36.4 Å². The lowest BCUT2D eigenvalue weighted by Gasteiger charge is -2.24. The molecule has 0 N–H and O–H groups in total. The second-order valence-electron chi connectivity index (χ2n) is 8.37. The molecule has 7 heteroatoms. The first kappa shape index (κ1) is 19.8. The van der Waals surface area contributed by atoms with Crippen molar-refractivity contribution in [2.24, 2.45) is 5.92 Å². The molecule has 1 aliphatic heterocycles. The SMILES string of the molecule is O=C1CN(C(=O)c2cc3ccccc3o2)CC(OCC2CC2)CN1Cc1cccnc1. The van der Waals surface area contributed by atoms with E-state index in [1.165, 1.54) is 12.8 Å². The third kappa shape index (κ3) is 4.61. The van der Waals surface area contributed by atoms with Gasteiger partial charge in [-0.3, -0.25) is 14.6 Å². The van der Waals surface area contributed by atoms with E-state index < -0.39 is 0 Å². The van der Waals surface area contributed by atoms with E-state index in [0.717, 1.165) is 10.9 Å². The van der Waals surface area contributed by atoms with Crippen molar-refractivity contribution < 1.29 is 18.7 Å². The van der Waals surface area contributed by atoms with Crippen LogP contribution in [0.25, 0.3) is 11.0 Å². The Balaban J connectivity index is 1.36. The first-order valence-electron chi connectivity index (χ1n) is 10.7. The van der Waals surface area contributed by atoms with Gasteiger partial charge in [-0.1, -0.05) is 24.3 Å². The number of hydrogen-bond donors (Lipinski definition) is 0. The van der Waals surface area contributed by atoms with Gasteiger partial charge >= 0.3 is 0 Å². The van der Waals surface area contributed by atoms with Gasteiger partial charge in [0.25, 0.3) is 5.91 Å². The van der Waals surface area contributed by atoms with Gasteiger partial charge in [-0.15, -0.1) is 0 Å². The zero-order chi connectivity index (χ0) is 21.2. The highest BCUT2D eigenvalue weighted by Crippen LogP contribution is 2.29. The van der Waals surface area contributed by atoms with Crippen molar-refractivity contribution in [2.45, 2.75) is 25.5 Å². The van der Waals surface area contributed by atoms with Crippen LogP contribution in [-0.2, 0) is 16.1 Å². The molecule has 1 unspecified atom stereocenters. The van der Waals surface area contributed by atoms with Crippen molar-refractivity contribution in [1.82, 2.24) is 14.8 Å². The number of aromatic nitrogens is 1. The summed E-state index contributed by atoms with van der Waals surface area (Å²) in [5, 5.41) is 0.867. The minimum absolute atomic E-state index is 0.000566. The molecule has 2 amide bonds. The number of carbonyl (C=O) groups is 2. The third-order valence-corrected chi connectivity index (χ3v) is 5.81. The number of carbonyl (C=O) groups excluding carboxylic acids is 2. The lowest BCUT2D eigenvalue weighted by Crippen LogP contribution is -2.39. The van der Waals surface area contributed by atoms with E-state index in [4.69, 9.17) is 9.15 Å². The summed E-state index contributed by atoms with van der Waals surface area (Å²) in [6.45, 7) is 1.93. The van der Waals surface area contributed by atoms with Crippen molar-refractivity contribution in [3.8, 4) is 0 Å². The lowest BCUT2D eigenvalue weighted by molar-refractivity contribution is -0.132. The summed E-state index contributed by atoms with van der Waals surface area (Å²) in [6.07, 6.45) is 5.61. The van der Waals surface area contributed by atoms with Gasteiger partial charge in [-0.2, -0.15) is 0 Å². The van der Waals surface area contributed by atoms with E-state index >= 15 is 0 Å². The second kappa shape index (κ2) is 8.51. The molecule has 1 aliphatic carbocycles. The summed E-state index contributed by atoms with van der Waals surface area (Å²) in [4.78, 5) is 33.7. The summed E-state index contributed by atoms with van der Waals surface area (Å²) in [5.41, 5.74) is 1.61. The van der Waals surface area contributed by atoms with Gasteiger partial charge in [-0.25, -0.2) is 0 Å². The summed E-state index contributed by atoms with van der Waals surface area (Å²) in [7, 11) is 0. The summed E-state index contributed by atoms with van der Waals surface area (Å²) in [5.74, 6) is 0.458. The highest BCUT2D eigenvalue weighted by atomic mass is 16.5. The fourth-order valence-electron chi connectivity index (χ4n) is 3.90. The van der Waals surface area contributed by atoms with E-state index in [0.29, 0.717) is 37.7 Å². The number of pyridine rings is 1. The number of ether oxygens (including phenoxy) is 1. The summed E-state index contributed by atoms with van der Waals surface area (Å²) < 4.78 is 11.9. The molecular formula is C24H25N3O4. The number of benzene rings is 1. The van der Waals surface area contributed by atoms with Crippen LogP contribution in [0.3, 0.4) is 0 Å². The van der Waals surface area contributed by atoms with Crippen molar-refractivity contribution in [3.05, 3.63) is 66.2 Å². The topological polar surface area (TPSA) is 75.9 Å². The van der Waals surface area contributed by atoms with Gasteiger partial charge in [0, 0.05) is 44.0 Å². The minimum atomic E-state index is -0.284. The first-order chi connectivity index (χ1) is 15.2. The molecule has 1 saturated heterocycles. The molecule has 0 bridgehead atoms. The number of para-hydroxylation sites is 1. The Morgan fingerprint density at radius 1 is 1.16 bits per heavy atom. The molecule has 2 fully saturated rings. The normalized spacial score (nSPS) is 19.6. The van der Waals surface area contributed by atoms with Crippen molar-refractivity contribution >= 4 is 22.8 Å². The number of rotatable bonds is 6. The van der Waals surface area contributed by atoms with Crippen LogP contribution in [0.4, 0.5) is 0 Å². The molecular weight excluding hydrogens is 394 g/mol. The van der Waals surface area contributed by atoms with Crippen LogP contribution in [0.5, 0.6) is 0 Å². The second-order valence-corrected chi connectivity index (χ2v) is 8.37. The minimum Gasteiger partial charge on any atom is -0.451 e. The molecule has 3 heterocycles. The van der Waals surface area contributed by atoms with Crippen LogP contribution in [0, 0.1) is 5.92 Å². The molecule has 0 radical (unpaired) electrons. The molecule has 2 aromatic heterocycles. The number of fused-ring (bicyclic) bond motifs is 1. The van der Waals surface area contributed by atoms with Crippen molar-refractivity contribution in [3.63, 3.8) is 0 Å². The van der Waals surface area contributed by atoms with Gasteiger partial charge in [0.1, 0.15) is 12.1 Å². The van der Waals surface area contributed by atoms with Crippen LogP contribution >= 0.6 is 0 Å². The predicted molar refractivity (Wildman–Crippen MR) is 114 cm³/mol. The Morgan fingerprint density at radius 3 is 2.81 bits per heavy atom. The Morgan fingerprint density at radius 2 is 2.03 bits per heavy atom. The van der Waals surface area contributed by atoms with Crippen molar-refractivity contribution in [2.75, 3.05) is 26.2 Å². The van der Waals surface area contributed by atoms with Gasteiger partial charge in [0.05, 0.1) is 6.10 Å². The number of amides is 2. The molecule has 1 saturated carbocycles. The molecule has 2 aliphatic rings. The Hall–Kier alpha value is -3.19. The predicted octanol–water partition coefficient (Wildman–Crippen LogP) is 3.11. The third-order valence-electron chi connectivity index (χ3n) is 5.81. The van der Waals surface area contributed by atoms with Crippen LogP contribution in [0.2, 0.25) is 0 Å². The monoisotopic (exact) mass is 419 g/mol. The molecule has 160 valence electrons. The van der Waals surface area contributed by atoms with E-state index in [1.54, 1.807) is 28.3 Å². The van der Waals surface area contributed by atoms with Crippen LogP contribution in [-0.4, -0.2) is 58.9 Å². The number of furan rings is 1. The maximum absolute atomic E-state index is 13.2. The van der Waals surface area contributed by atoms with Crippen LogP contribution < -0.4 is 0 Å². The standard InChI is InChI=1S/C24H25N3O4/c28-23-15-27(24(29)22-10-19-5-1-2-6-21(19)31-22)14-20(30-16-17-7-8-17)13-26(23)12-18-4-3-9-25-11-18/h1-6,9-11,17,20H,7-8,12-16H2. The lowest BCUT2D eigenvalue weighted by atomic mass is 10.2. The molecule has 0 spiro atoms. The molecule has 1 aromatic carbocycles. The van der Waals surface area contributed by atoms with E-state index in [2.05, 4.69) is 4.98 Å². The number of hydrogen-bond acceptors (Lipinski definition) is 5. The Labute approximate surface area is 180 Å². The molecule has 31 heavy (non-hydrogen) atoms. The molecule has 5 rings (SSSR count). The zero-order valence-electron chi connectivity index (χ0n) is 17.3. The maximum atomic E-state index is 13.2. The first-order valence-corrected chi connectivity index (χ1v) is 10.7. The van der Waals surface area contributed by atoms with Gasteiger partial charge in [-0.05, 0) is 42.5 Å². The average Bonchev–Trinajstić information content (AvgIpc) is 3.54. The van der Waals surface area contributed by atoms with Crippen molar-refractivity contribution in [1.29, 1.82) is 0 Å². The molecule has 3 aromatic rings. The molecule has 7 nitrogen and oxygen atoms in total. The summed E-state index contributed by atoms with van der Waals surface area (Å²) in [6, 6.07) is 13.0. The average molecular weight is 419 g/mol. The fraction of sp³-hybridized carbons (Fsp3) is 0.375. The van der Waals surface area contributed by atoms with Gasteiger partial charge in [0.15, 0.2) is 5.76 Å². The highest BCUT2D eigenvalue weighted by molar-refractivity contribution is 5.98. The number of nitrogens with zero attached hydrogens (tertiary/aromatic N) is 3. The van der Waals surface area contributed by atoms with Crippen LogP contribution in [0.1, 0.15) is 29.0 Å². The maximum Gasteiger partial charge on any atom is 0.290 e. The van der Waals surface area contributed by atoms with Gasteiger partial charge < -0.3 is 19.0 Å². The van der Waals surface area contributed by atoms with Gasteiger partial charge in [0.2, 0.25) is 5.91 Å². The van der Waals surface area contributed by atoms with E-state index in [9.17, 15) is 9.59 Å².